The van der Waals surface area contributed by atoms with E-state index in [0.717, 1.165) is 18.2 Å². The SMILES string of the molecule is CCOC(CNC(=O)Cc1cc(Oc2ccc(C(F)(F)F)cc2Cl)ccc1[N+](=O)[O-])OCC. The zero-order valence-corrected chi connectivity index (χ0v) is 18.5. The molecule has 0 aliphatic heterocycles. The summed E-state index contributed by atoms with van der Waals surface area (Å²) in [4.78, 5) is 23.1. The van der Waals surface area contributed by atoms with Gasteiger partial charge in [0.2, 0.25) is 5.91 Å². The van der Waals surface area contributed by atoms with E-state index in [1.165, 1.54) is 12.1 Å². The van der Waals surface area contributed by atoms with Gasteiger partial charge in [0.1, 0.15) is 11.5 Å². The average molecular weight is 491 g/mol. The van der Waals surface area contributed by atoms with Gasteiger partial charge < -0.3 is 19.5 Å². The van der Waals surface area contributed by atoms with E-state index in [1.54, 1.807) is 13.8 Å². The first kappa shape index (κ1) is 26.4. The van der Waals surface area contributed by atoms with E-state index < -0.39 is 28.9 Å². The van der Waals surface area contributed by atoms with Gasteiger partial charge in [-0.15, -0.1) is 0 Å². The molecule has 0 unspecified atom stereocenters. The molecule has 8 nitrogen and oxygen atoms in total. The van der Waals surface area contributed by atoms with Crippen molar-refractivity contribution in [2.75, 3.05) is 19.8 Å². The fourth-order valence-electron chi connectivity index (χ4n) is 2.80. The largest absolute Gasteiger partial charge is 0.456 e. The van der Waals surface area contributed by atoms with Gasteiger partial charge in [-0.2, -0.15) is 13.2 Å². The predicted molar refractivity (Wildman–Crippen MR) is 113 cm³/mol. The van der Waals surface area contributed by atoms with Gasteiger partial charge in [-0.05, 0) is 44.2 Å². The van der Waals surface area contributed by atoms with Crippen molar-refractivity contribution in [3.05, 3.63) is 62.7 Å². The van der Waals surface area contributed by atoms with E-state index >= 15 is 0 Å². The van der Waals surface area contributed by atoms with Gasteiger partial charge in [-0.25, -0.2) is 0 Å². The number of nitro groups is 1. The molecule has 0 saturated heterocycles. The molecule has 0 saturated carbocycles. The lowest BCUT2D eigenvalue weighted by Crippen LogP contribution is -2.36. The zero-order valence-electron chi connectivity index (χ0n) is 17.8. The van der Waals surface area contributed by atoms with Crippen molar-refractivity contribution in [3.63, 3.8) is 0 Å². The first-order valence-electron chi connectivity index (χ1n) is 9.87. The Morgan fingerprint density at radius 3 is 2.36 bits per heavy atom. The molecule has 33 heavy (non-hydrogen) atoms. The van der Waals surface area contributed by atoms with Crippen LogP contribution in [0.1, 0.15) is 25.0 Å². The van der Waals surface area contributed by atoms with Crippen LogP contribution in [0.3, 0.4) is 0 Å². The summed E-state index contributed by atoms with van der Waals surface area (Å²) in [7, 11) is 0. The van der Waals surface area contributed by atoms with Crippen LogP contribution in [0.15, 0.2) is 36.4 Å². The Morgan fingerprint density at radius 2 is 1.82 bits per heavy atom. The third-order valence-electron chi connectivity index (χ3n) is 4.26. The summed E-state index contributed by atoms with van der Waals surface area (Å²) in [5.41, 5.74) is -1.22. The van der Waals surface area contributed by atoms with E-state index in [9.17, 15) is 28.1 Å². The van der Waals surface area contributed by atoms with E-state index in [1.807, 2.05) is 0 Å². The van der Waals surface area contributed by atoms with E-state index in [2.05, 4.69) is 5.32 Å². The molecule has 1 amide bonds. The number of hydrogen-bond acceptors (Lipinski definition) is 6. The van der Waals surface area contributed by atoms with E-state index in [0.29, 0.717) is 19.3 Å². The molecule has 0 bridgehead atoms. The summed E-state index contributed by atoms with van der Waals surface area (Å²) in [6.45, 7) is 4.33. The van der Waals surface area contributed by atoms with Crippen molar-refractivity contribution in [2.45, 2.75) is 32.7 Å². The lowest BCUT2D eigenvalue weighted by Gasteiger charge is -2.17. The number of amides is 1. The molecule has 2 aromatic carbocycles. The van der Waals surface area contributed by atoms with Crippen molar-refractivity contribution in [1.29, 1.82) is 0 Å². The third-order valence-corrected chi connectivity index (χ3v) is 4.55. The number of rotatable bonds is 11. The van der Waals surface area contributed by atoms with Crippen LogP contribution >= 0.6 is 11.6 Å². The van der Waals surface area contributed by atoms with Crippen molar-refractivity contribution >= 4 is 23.2 Å². The minimum absolute atomic E-state index is 0.0439. The predicted octanol–water partition coefficient (Wildman–Crippen LogP) is 5.12. The topological polar surface area (TPSA) is 99.9 Å². The summed E-state index contributed by atoms with van der Waals surface area (Å²) >= 11 is 5.89. The smallest absolute Gasteiger partial charge is 0.416 e. The van der Waals surface area contributed by atoms with Gasteiger partial charge in [0.25, 0.3) is 5.69 Å². The number of halogens is 4. The highest BCUT2D eigenvalue weighted by Crippen LogP contribution is 2.37. The highest BCUT2D eigenvalue weighted by molar-refractivity contribution is 6.32. The van der Waals surface area contributed by atoms with Gasteiger partial charge in [0.05, 0.1) is 28.5 Å². The molecular formula is C21H22ClF3N2O6. The van der Waals surface area contributed by atoms with Crippen molar-refractivity contribution < 1.29 is 37.1 Å². The van der Waals surface area contributed by atoms with Gasteiger partial charge in [-0.3, -0.25) is 14.9 Å². The molecule has 0 aliphatic carbocycles. The van der Waals surface area contributed by atoms with E-state index in [-0.39, 0.29) is 40.7 Å². The minimum atomic E-state index is -4.57. The Morgan fingerprint density at radius 1 is 1.15 bits per heavy atom. The summed E-state index contributed by atoms with van der Waals surface area (Å²) in [6, 6.07) is 6.21. The Bertz CT molecular complexity index is 981. The number of carbonyl (C=O) groups is 1. The van der Waals surface area contributed by atoms with Crippen molar-refractivity contribution in [1.82, 2.24) is 5.32 Å². The van der Waals surface area contributed by atoms with Crippen LogP contribution in [0.5, 0.6) is 11.5 Å². The van der Waals surface area contributed by atoms with Gasteiger partial charge in [0, 0.05) is 24.8 Å². The maximum atomic E-state index is 12.8. The second kappa shape index (κ2) is 11.8. The molecular weight excluding hydrogens is 469 g/mol. The lowest BCUT2D eigenvalue weighted by atomic mass is 10.1. The van der Waals surface area contributed by atoms with E-state index in [4.69, 9.17) is 25.8 Å². The zero-order chi connectivity index (χ0) is 24.6. The number of benzene rings is 2. The summed E-state index contributed by atoms with van der Waals surface area (Å²) in [6.07, 6.45) is -5.58. The van der Waals surface area contributed by atoms with Crippen LogP contribution in [0.25, 0.3) is 0 Å². The van der Waals surface area contributed by atoms with Gasteiger partial charge >= 0.3 is 6.18 Å². The molecule has 0 atom stereocenters. The molecule has 0 aliphatic rings. The van der Waals surface area contributed by atoms with Crippen LogP contribution in [0.2, 0.25) is 5.02 Å². The van der Waals surface area contributed by atoms with Crippen LogP contribution in [0, 0.1) is 10.1 Å². The van der Waals surface area contributed by atoms with Gasteiger partial charge in [0.15, 0.2) is 6.29 Å². The fourth-order valence-corrected chi connectivity index (χ4v) is 3.02. The second-order valence-electron chi connectivity index (χ2n) is 6.61. The minimum Gasteiger partial charge on any atom is -0.456 e. The molecule has 2 aromatic rings. The van der Waals surface area contributed by atoms with Crippen molar-refractivity contribution in [3.8, 4) is 11.5 Å². The quantitative estimate of drug-likeness (QED) is 0.267. The number of carbonyl (C=O) groups excluding carboxylic acids is 1. The number of alkyl halides is 3. The molecule has 1 N–H and O–H groups in total. The van der Waals surface area contributed by atoms with Crippen LogP contribution in [0.4, 0.5) is 18.9 Å². The first-order chi connectivity index (χ1) is 15.5. The molecule has 0 spiro atoms. The molecule has 12 heteroatoms. The van der Waals surface area contributed by atoms with Crippen molar-refractivity contribution in [2.24, 2.45) is 0 Å². The second-order valence-corrected chi connectivity index (χ2v) is 7.02. The number of nitrogens with one attached hydrogen (secondary N) is 1. The van der Waals surface area contributed by atoms with Crippen LogP contribution in [-0.4, -0.2) is 36.9 Å². The molecule has 180 valence electrons. The lowest BCUT2D eigenvalue weighted by molar-refractivity contribution is -0.385. The van der Waals surface area contributed by atoms with Crippen LogP contribution in [-0.2, 0) is 26.9 Å². The number of hydrogen-bond donors (Lipinski definition) is 1. The standard InChI is InChI=1S/C21H22ClF3N2O6/c1-3-31-20(32-4-2)12-26-19(28)10-13-9-15(6-7-17(13)27(29)30)33-18-8-5-14(11-16(18)22)21(23,24)25/h5-9,11,20H,3-4,10,12H2,1-2H3,(H,26,28). The molecule has 0 aromatic heterocycles. The van der Waals surface area contributed by atoms with Gasteiger partial charge in [-0.1, -0.05) is 11.6 Å². The maximum absolute atomic E-state index is 12.8. The normalized spacial score (nSPS) is 11.5. The molecule has 0 radical (unpaired) electrons. The number of nitrogens with zero attached hydrogens (tertiary/aromatic N) is 1. The Balaban J connectivity index is 2.17. The maximum Gasteiger partial charge on any atom is 0.416 e. The fraction of sp³-hybridized carbons (Fsp3) is 0.381. The highest BCUT2D eigenvalue weighted by atomic mass is 35.5. The summed E-state index contributed by atoms with van der Waals surface area (Å²) in [5.74, 6) is -0.538. The molecule has 0 heterocycles. The Kier molecular flexibility index (Phi) is 9.44. The highest BCUT2D eigenvalue weighted by Gasteiger charge is 2.31. The first-order valence-corrected chi connectivity index (χ1v) is 10.2. The average Bonchev–Trinajstić information content (AvgIpc) is 2.73. The third kappa shape index (κ3) is 7.88. The summed E-state index contributed by atoms with van der Waals surface area (Å²) in [5, 5.41) is 13.7. The Labute approximate surface area is 192 Å². The summed E-state index contributed by atoms with van der Waals surface area (Å²) < 4.78 is 54.6. The van der Waals surface area contributed by atoms with Crippen LogP contribution < -0.4 is 10.1 Å². The molecule has 2 rings (SSSR count). The molecule has 0 fully saturated rings. The number of nitro benzene ring substituents is 1. The number of ether oxygens (including phenoxy) is 3. The monoisotopic (exact) mass is 490 g/mol. The Hall–Kier alpha value is -2.89.